The number of carbonyl (C=O) groups excluding carboxylic acids is 1. The number of carbonyl (C=O) groups is 1. The number of furan rings is 1. The molecule has 1 amide bonds. The molecule has 2 unspecified atom stereocenters. The fourth-order valence-electron chi connectivity index (χ4n) is 2.65. The van der Waals surface area contributed by atoms with Crippen LogP contribution in [0.25, 0.3) is 0 Å². The monoisotopic (exact) mass is 279 g/mol. The summed E-state index contributed by atoms with van der Waals surface area (Å²) in [6, 6.07) is 3.80. The van der Waals surface area contributed by atoms with Gasteiger partial charge in [-0.05, 0) is 51.9 Å². The highest BCUT2D eigenvalue weighted by molar-refractivity contribution is 5.81. The Morgan fingerprint density at radius 1 is 1.40 bits per heavy atom. The third-order valence-corrected chi connectivity index (χ3v) is 3.68. The van der Waals surface area contributed by atoms with Crippen LogP contribution in [-0.2, 0) is 11.3 Å². The van der Waals surface area contributed by atoms with Crippen LogP contribution in [0.5, 0.6) is 0 Å². The molecule has 0 aliphatic carbocycles. The molecule has 0 saturated carbocycles. The molecule has 0 aromatic carbocycles. The van der Waals surface area contributed by atoms with E-state index in [1.54, 1.807) is 6.26 Å². The molecule has 5 heteroatoms. The van der Waals surface area contributed by atoms with Gasteiger partial charge in [0.05, 0.1) is 18.8 Å². The lowest BCUT2D eigenvalue weighted by molar-refractivity contribution is -0.123. The van der Waals surface area contributed by atoms with Crippen molar-refractivity contribution in [2.45, 2.75) is 45.3 Å². The first-order chi connectivity index (χ1) is 9.65. The van der Waals surface area contributed by atoms with Gasteiger partial charge in [-0.25, -0.2) is 0 Å². The zero-order valence-electron chi connectivity index (χ0n) is 12.4. The molecular weight excluding hydrogens is 254 g/mol. The van der Waals surface area contributed by atoms with E-state index in [0.29, 0.717) is 12.6 Å². The first-order valence-corrected chi connectivity index (χ1v) is 7.43. The van der Waals surface area contributed by atoms with Gasteiger partial charge in [0.2, 0.25) is 5.91 Å². The molecule has 1 aromatic heterocycles. The molecule has 112 valence electrons. The maximum atomic E-state index is 12.0. The van der Waals surface area contributed by atoms with Gasteiger partial charge in [-0.3, -0.25) is 4.79 Å². The summed E-state index contributed by atoms with van der Waals surface area (Å²) in [6.07, 6.45) is 4.21. The van der Waals surface area contributed by atoms with Crippen molar-refractivity contribution in [3.63, 3.8) is 0 Å². The van der Waals surface area contributed by atoms with Gasteiger partial charge in [0.15, 0.2) is 0 Å². The standard InChI is InChI=1S/C15H25N3O2/c1-12(11-18-7-3-4-8-18)17-13(2)15(19)16-10-14-6-5-9-20-14/h5-6,9,12-13,17H,3-4,7-8,10-11H2,1-2H3,(H,16,19). The second kappa shape index (κ2) is 7.45. The molecule has 1 aliphatic rings. The van der Waals surface area contributed by atoms with E-state index in [1.807, 2.05) is 19.1 Å². The molecular formula is C15H25N3O2. The minimum Gasteiger partial charge on any atom is -0.467 e. The summed E-state index contributed by atoms with van der Waals surface area (Å²) in [4.78, 5) is 14.4. The summed E-state index contributed by atoms with van der Waals surface area (Å²) in [6.45, 7) is 7.86. The SMILES string of the molecule is CC(CN1CCCC1)NC(C)C(=O)NCc1ccco1. The molecule has 20 heavy (non-hydrogen) atoms. The van der Waals surface area contributed by atoms with Crippen LogP contribution in [0, 0.1) is 0 Å². The summed E-state index contributed by atoms with van der Waals surface area (Å²) >= 11 is 0. The van der Waals surface area contributed by atoms with Gasteiger partial charge in [0, 0.05) is 12.6 Å². The zero-order chi connectivity index (χ0) is 14.4. The van der Waals surface area contributed by atoms with Gasteiger partial charge < -0.3 is 20.0 Å². The number of nitrogens with one attached hydrogen (secondary N) is 2. The average molecular weight is 279 g/mol. The van der Waals surface area contributed by atoms with Gasteiger partial charge in [0.25, 0.3) is 0 Å². The molecule has 1 fully saturated rings. The van der Waals surface area contributed by atoms with Crippen molar-refractivity contribution in [1.29, 1.82) is 0 Å². The van der Waals surface area contributed by atoms with Crippen molar-refractivity contribution in [3.05, 3.63) is 24.2 Å². The minimum atomic E-state index is -0.192. The summed E-state index contributed by atoms with van der Waals surface area (Å²) < 4.78 is 5.19. The smallest absolute Gasteiger partial charge is 0.237 e. The Bertz CT molecular complexity index is 399. The molecule has 1 aromatic rings. The maximum Gasteiger partial charge on any atom is 0.237 e. The normalized spacial score (nSPS) is 18.9. The molecule has 0 radical (unpaired) electrons. The lowest BCUT2D eigenvalue weighted by Crippen LogP contribution is -2.48. The third-order valence-electron chi connectivity index (χ3n) is 3.68. The number of hydrogen-bond acceptors (Lipinski definition) is 4. The number of amides is 1. The lowest BCUT2D eigenvalue weighted by atomic mass is 10.2. The summed E-state index contributed by atoms with van der Waals surface area (Å²) in [5.41, 5.74) is 0. The molecule has 2 rings (SSSR count). The van der Waals surface area contributed by atoms with Crippen molar-refractivity contribution in [2.24, 2.45) is 0 Å². The van der Waals surface area contributed by atoms with E-state index < -0.39 is 0 Å². The fraction of sp³-hybridized carbons (Fsp3) is 0.667. The number of hydrogen-bond donors (Lipinski definition) is 2. The molecule has 0 spiro atoms. The highest BCUT2D eigenvalue weighted by Gasteiger charge is 2.18. The number of rotatable bonds is 7. The summed E-state index contributed by atoms with van der Waals surface area (Å²) in [7, 11) is 0. The Hall–Kier alpha value is -1.33. The van der Waals surface area contributed by atoms with Gasteiger partial charge in [-0.15, -0.1) is 0 Å². The second-order valence-electron chi connectivity index (χ2n) is 5.59. The van der Waals surface area contributed by atoms with Gasteiger partial charge in [0.1, 0.15) is 5.76 Å². The quantitative estimate of drug-likeness (QED) is 0.791. The zero-order valence-corrected chi connectivity index (χ0v) is 12.4. The summed E-state index contributed by atoms with van der Waals surface area (Å²) in [5, 5.41) is 6.23. The van der Waals surface area contributed by atoms with E-state index in [4.69, 9.17) is 4.42 Å². The van der Waals surface area contributed by atoms with Crippen molar-refractivity contribution in [2.75, 3.05) is 19.6 Å². The molecule has 2 atom stereocenters. The Labute approximate surface area is 120 Å². The fourth-order valence-corrected chi connectivity index (χ4v) is 2.65. The van der Waals surface area contributed by atoms with E-state index in [0.717, 1.165) is 12.3 Å². The van der Waals surface area contributed by atoms with E-state index >= 15 is 0 Å². The van der Waals surface area contributed by atoms with Crippen LogP contribution in [0.15, 0.2) is 22.8 Å². The van der Waals surface area contributed by atoms with Crippen LogP contribution in [0.4, 0.5) is 0 Å². The third kappa shape index (κ3) is 4.65. The van der Waals surface area contributed by atoms with Gasteiger partial charge in [-0.1, -0.05) is 0 Å². The molecule has 5 nitrogen and oxygen atoms in total. The first-order valence-electron chi connectivity index (χ1n) is 7.43. The van der Waals surface area contributed by atoms with E-state index in [1.165, 1.54) is 25.9 Å². The van der Waals surface area contributed by atoms with Crippen LogP contribution in [0.2, 0.25) is 0 Å². The second-order valence-corrected chi connectivity index (χ2v) is 5.59. The van der Waals surface area contributed by atoms with Crippen LogP contribution in [0.1, 0.15) is 32.4 Å². The Morgan fingerprint density at radius 2 is 2.15 bits per heavy atom. The van der Waals surface area contributed by atoms with Crippen LogP contribution < -0.4 is 10.6 Å². The highest BCUT2D eigenvalue weighted by Crippen LogP contribution is 2.07. The largest absolute Gasteiger partial charge is 0.467 e. The maximum absolute atomic E-state index is 12.0. The van der Waals surface area contributed by atoms with Crippen LogP contribution in [-0.4, -0.2) is 42.5 Å². The van der Waals surface area contributed by atoms with Gasteiger partial charge in [-0.2, -0.15) is 0 Å². The Balaban J connectivity index is 1.67. The van der Waals surface area contributed by atoms with Crippen LogP contribution >= 0.6 is 0 Å². The number of likely N-dealkylation sites (tertiary alicyclic amines) is 1. The van der Waals surface area contributed by atoms with Crippen molar-refractivity contribution >= 4 is 5.91 Å². The average Bonchev–Trinajstić information content (AvgIpc) is 3.08. The molecule has 2 N–H and O–H groups in total. The van der Waals surface area contributed by atoms with Gasteiger partial charge >= 0.3 is 0 Å². The molecule has 1 aliphatic heterocycles. The van der Waals surface area contributed by atoms with E-state index in [-0.39, 0.29) is 11.9 Å². The number of nitrogens with zero attached hydrogens (tertiary/aromatic N) is 1. The Kier molecular flexibility index (Phi) is 5.61. The predicted molar refractivity (Wildman–Crippen MR) is 78.3 cm³/mol. The highest BCUT2D eigenvalue weighted by atomic mass is 16.3. The Morgan fingerprint density at radius 3 is 2.80 bits per heavy atom. The minimum absolute atomic E-state index is 0.00896. The lowest BCUT2D eigenvalue weighted by Gasteiger charge is -2.24. The molecule has 1 saturated heterocycles. The van der Waals surface area contributed by atoms with Crippen molar-refractivity contribution in [1.82, 2.24) is 15.5 Å². The first kappa shape index (κ1) is 15.1. The van der Waals surface area contributed by atoms with E-state index in [9.17, 15) is 4.79 Å². The predicted octanol–water partition coefficient (Wildman–Crippen LogP) is 1.36. The van der Waals surface area contributed by atoms with Crippen molar-refractivity contribution < 1.29 is 9.21 Å². The van der Waals surface area contributed by atoms with Crippen molar-refractivity contribution in [3.8, 4) is 0 Å². The molecule has 0 bridgehead atoms. The molecule has 2 heterocycles. The topological polar surface area (TPSA) is 57.5 Å². The summed E-state index contributed by atoms with van der Waals surface area (Å²) in [5.74, 6) is 0.783. The van der Waals surface area contributed by atoms with Crippen LogP contribution in [0.3, 0.4) is 0 Å². The van der Waals surface area contributed by atoms with E-state index in [2.05, 4.69) is 22.5 Å².